The van der Waals surface area contributed by atoms with Crippen molar-refractivity contribution < 1.29 is 36.1 Å². The van der Waals surface area contributed by atoms with E-state index in [-0.39, 0.29) is 37.6 Å². The van der Waals surface area contributed by atoms with Gasteiger partial charge in [0.25, 0.3) is 0 Å². The molecule has 0 saturated carbocycles. The molecular weight excluding hydrogens is 815 g/mol. The number of rotatable bonds is 19. The van der Waals surface area contributed by atoms with Crippen molar-refractivity contribution in [3.63, 3.8) is 0 Å². The number of aromatic nitrogens is 9. The number of hydrogen-bond donors (Lipinski definition) is 5. The third-order valence-electron chi connectivity index (χ3n) is 4.98. The first-order chi connectivity index (χ1) is 19.7. The van der Waals surface area contributed by atoms with Gasteiger partial charge >= 0.3 is 29.6 Å². The van der Waals surface area contributed by atoms with Crippen LogP contribution in [-0.2, 0) is 5.75 Å². The van der Waals surface area contributed by atoms with Crippen molar-refractivity contribution >= 4 is 80.9 Å². The SMILES string of the molecule is CCO.ICCCCCCCCI.S=c1cn[nH][nH]1.[H-].[Na+].c1n[nH]nc1CSCCCCCCCCSc1cn[nH]n1. The van der Waals surface area contributed by atoms with Crippen LogP contribution in [0.4, 0.5) is 0 Å². The molecule has 3 heterocycles. The molecule has 10 nitrogen and oxygen atoms in total. The molecule has 0 unspecified atom stereocenters. The van der Waals surface area contributed by atoms with Crippen molar-refractivity contribution in [2.24, 2.45) is 0 Å². The molecule has 3 rings (SSSR count). The summed E-state index contributed by atoms with van der Waals surface area (Å²) < 4.78 is 3.31. The number of hydrogen-bond acceptors (Lipinski definition) is 9. The minimum Gasteiger partial charge on any atom is -1.00 e. The topological polar surface area (TPSA) is 148 Å². The average molecular weight is 864 g/mol. The molecule has 0 saturated heterocycles. The zero-order chi connectivity index (χ0) is 29.4. The molecule has 0 spiro atoms. The molecule has 0 aliphatic rings. The number of halogens is 2. The molecule has 0 bridgehead atoms. The largest absolute Gasteiger partial charge is 1.00 e. The van der Waals surface area contributed by atoms with Crippen LogP contribution in [0.1, 0.15) is 91.1 Å². The minimum atomic E-state index is 0. The van der Waals surface area contributed by atoms with Gasteiger partial charge in [0.1, 0.15) is 9.67 Å². The molecule has 0 aromatic carbocycles. The van der Waals surface area contributed by atoms with Crippen LogP contribution < -0.4 is 29.6 Å². The maximum atomic E-state index is 7.57. The van der Waals surface area contributed by atoms with Crippen molar-refractivity contribution in [1.29, 1.82) is 0 Å². The molecule has 232 valence electrons. The Bertz CT molecular complexity index is 831. The van der Waals surface area contributed by atoms with Crippen molar-refractivity contribution in [2.45, 2.75) is 94.8 Å². The second kappa shape index (κ2) is 36.9. The Labute approximate surface area is 310 Å². The van der Waals surface area contributed by atoms with Crippen LogP contribution >= 0.6 is 80.9 Å². The van der Waals surface area contributed by atoms with Gasteiger partial charge in [0.05, 0.1) is 24.3 Å². The van der Waals surface area contributed by atoms with E-state index in [0.717, 1.165) is 22.2 Å². The summed E-state index contributed by atoms with van der Waals surface area (Å²) in [5, 5.41) is 38.1. The molecule has 0 atom stereocenters. The van der Waals surface area contributed by atoms with Crippen LogP contribution in [0.2, 0.25) is 0 Å². The molecular formula is C25H48I2N9NaOS3. The Balaban J connectivity index is -0.000000603. The summed E-state index contributed by atoms with van der Waals surface area (Å²) in [7, 11) is 0. The number of aromatic amines is 4. The molecule has 5 N–H and O–H groups in total. The number of thioether (sulfide) groups is 2. The monoisotopic (exact) mass is 863 g/mol. The van der Waals surface area contributed by atoms with Gasteiger partial charge < -0.3 is 6.53 Å². The third-order valence-corrected chi connectivity index (χ3v) is 8.78. The predicted octanol–water partition coefficient (Wildman–Crippen LogP) is 5.07. The number of aliphatic hydroxyl groups excluding tert-OH is 1. The van der Waals surface area contributed by atoms with Crippen LogP contribution in [0.15, 0.2) is 23.6 Å². The summed E-state index contributed by atoms with van der Waals surface area (Å²) >= 11 is 13.2. The van der Waals surface area contributed by atoms with Crippen molar-refractivity contribution in [3.05, 3.63) is 28.9 Å². The van der Waals surface area contributed by atoms with Crippen molar-refractivity contribution in [3.8, 4) is 0 Å². The van der Waals surface area contributed by atoms with E-state index < -0.39 is 0 Å². The Hall–Kier alpha value is 0.760. The summed E-state index contributed by atoms with van der Waals surface area (Å²) in [5.74, 6) is 3.32. The van der Waals surface area contributed by atoms with Crippen LogP contribution in [-0.4, -0.2) is 78.3 Å². The van der Waals surface area contributed by atoms with Gasteiger partial charge in [-0.15, -0.1) is 16.9 Å². The molecule has 0 radical (unpaired) electrons. The van der Waals surface area contributed by atoms with Gasteiger partial charge in [-0.25, -0.2) is 5.21 Å². The predicted molar refractivity (Wildman–Crippen MR) is 190 cm³/mol. The van der Waals surface area contributed by atoms with E-state index in [1.165, 1.54) is 97.9 Å². The number of nitrogens with zero attached hydrogens (tertiary/aromatic N) is 5. The van der Waals surface area contributed by atoms with E-state index in [9.17, 15) is 0 Å². The number of unbranched alkanes of at least 4 members (excludes halogenated alkanes) is 10. The maximum Gasteiger partial charge on any atom is 1.00 e. The van der Waals surface area contributed by atoms with E-state index in [0.29, 0.717) is 4.64 Å². The van der Waals surface area contributed by atoms with Crippen LogP contribution in [0, 0.1) is 4.64 Å². The fraction of sp³-hybridized carbons (Fsp3) is 0.760. The molecule has 41 heavy (non-hydrogen) atoms. The second-order valence-corrected chi connectivity index (χ2v) is 13.3. The smallest absolute Gasteiger partial charge is 1.00 e. The molecule has 0 amide bonds. The Morgan fingerprint density at radius 3 is 1.76 bits per heavy atom. The summed E-state index contributed by atoms with van der Waals surface area (Å²) in [6.45, 7) is 1.93. The van der Waals surface area contributed by atoms with Gasteiger partial charge in [0.15, 0.2) is 0 Å². The Kier molecular flexibility index (Phi) is 39.6. The fourth-order valence-corrected chi connectivity index (χ4v) is 5.90. The van der Waals surface area contributed by atoms with Crippen molar-refractivity contribution in [1.82, 2.24) is 46.2 Å². The summed E-state index contributed by atoms with van der Waals surface area (Å²) in [6, 6.07) is 0. The summed E-state index contributed by atoms with van der Waals surface area (Å²) in [4.78, 5) is 0. The first-order valence-electron chi connectivity index (χ1n) is 13.9. The van der Waals surface area contributed by atoms with Crippen molar-refractivity contribution in [2.75, 3.05) is 27.0 Å². The standard InChI is InChI=1S/C13H22N6S2.C8H16I2.C2H3N3S.C2H6O.Na.H/c1(2-4-6-8-21-13-10-15-19-17-13)3-5-7-20-11-12-9-14-18-16-12;9-7-5-3-1-2-4-6-8-10;6-2-1-3-5-4-2;1-2-3;;/h9-10H,1-8,11H2,(H,14,16,18)(H,15,17,19);1-8H2;1H,(H2,3,4,5,6);3H,2H2,1H3;;/q;;;;+1;-1. The van der Waals surface area contributed by atoms with Gasteiger partial charge in [-0.3, -0.25) is 5.10 Å². The molecule has 16 heteroatoms. The number of alkyl halides is 2. The van der Waals surface area contributed by atoms with Crippen LogP contribution in [0.25, 0.3) is 0 Å². The van der Waals surface area contributed by atoms with E-state index in [1.807, 2.05) is 11.8 Å². The quantitative estimate of drug-likeness (QED) is 0.0279. The van der Waals surface area contributed by atoms with E-state index in [1.54, 1.807) is 31.1 Å². The minimum absolute atomic E-state index is 0. The van der Waals surface area contributed by atoms with E-state index in [2.05, 4.69) is 104 Å². The van der Waals surface area contributed by atoms with Gasteiger partial charge in [-0.2, -0.15) is 42.6 Å². The second-order valence-electron chi connectivity index (χ2n) is 8.47. The van der Waals surface area contributed by atoms with E-state index >= 15 is 0 Å². The first kappa shape index (κ1) is 43.9. The van der Waals surface area contributed by atoms with Gasteiger partial charge in [0.2, 0.25) is 0 Å². The third kappa shape index (κ3) is 33.5. The Morgan fingerprint density at radius 2 is 1.32 bits per heavy atom. The molecule has 3 aromatic rings. The number of nitrogens with one attached hydrogen (secondary N) is 4. The maximum absolute atomic E-state index is 7.57. The average Bonchev–Trinajstić information content (AvgIpc) is 3.76. The molecule has 0 fully saturated rings. The Morgan fingerprint density at radius 1 is 0.780 bits per heavy atom. The van der Waals surface area contributed by atoms with E-state index in [4.69, 9.17) is 5.11 Å². The first-order valence-corrected chi connectivity index (χ1v) is 19.5. The number of H-pyrrole nitrogens is 4. The zero-order valence-electron chi connectivity index (χ0n) is 25.6. The van der Waals surface area contributed by atoms with Crippen LogP contribution in [0.5, 0.6) is 0 Å². The normalized spacial score (nSPS) is 9.85. The van der Waals surface area contributed by atoms with Gasteiger partial charge in [-0.05, 0) is 53.0 Å². The molecule has 0 aliphatic heterocycles. The fourth-order valence-electron chi connectivity index (χ4n) is 3.03. The summed E-state index contributed by atoms with van der Waals surface area (Å²) in [6.07, 6.45) is 21.7. The zero-order valence-corrected chi connectivity index (χ0v) is 33.4. The van der Waals surface area contributed by atoms with Gasteiger partial charge in [-0.1, -0.05) is 109 Å². The summed E-state index contributed by atoms with van der Waals surface area (Å²) in [5.41, 5.74) is 1.05. The molecule has 3 aromatic heterocycles. The molecule has 0 aliphatic carbocycles. The number of aliphatic hydroxyl groups is 1. The van der Waals surface area contributed by atoms with Crippen LogP contribution in [0.3, 0.4) is 0 Å². The van der Waals surface area contributed by atoms with Gasteiger partial charge in [0, 0.05) is 12.4 Å².